The van der Waals surface area contributed by atoms with Gasteiger partial charge in [-0.3, -0.25) is 0 Å². The van der Waals surface area contributed by atoms with Crippen LogP contribution < -0.4 is 20.4 Å². The standard InChI is InChI=1S/C20H27FN6/c1-15-6-4-5-9-27(15)20-18(22)19(23-14-24-20)26-12-10-25(11-13-26)17-8-3-2-7-16(17)21/h2-3,7-8,14-15H,4-6,9-13,22H2,1H3. The van der Waals surface area contributed by atoms with Crippen LogP contribution in [0.25, 0.3) is 0 Å². The predicted molar refractivity (Wildman–Crippen MR) is 108 cm³/mol. The summed E-state index contributed by atoms with van der Waals surface area (Å²) in [6, 6.07) is 7.39. The average molecular weight is 370 g/mol. The molecule has 3 heterocycles. The molecule has 2 aliphatic rings. The van der Waals surface area contributed by atoms with Gasteiger partial charge in [-0.05, 0) is 38.3 Å². The molecule has 0 amide bonds. The van der Waals surface area contributed by atoms with Crippen molar-refractivity contribution in [1.29, 1.82) is 0 Å². The van der Waals surface area contributed by atoms with Crippen molar-refractivity contribution in [2.45, 2.75) is 32.2 Å². The van der Waals surface area contributed by atoms with E-state index in [0.717, 1.165) is 44.4 Å². The summed E-state index contributed by atoms with van der Waals surface area (Å²) in [6.07, 6.45) is 5.21. The van der Waals surface area contributed by atoms with Gasteiger partial charge in [0.15, 0.2) is 11.6 Å². The first-order valence-corrected chi connectivity index (χ1v) is 9.76. The number of nitrogens with two attached hydrogens (primary N) is 1. The van der Waals surface area contributed by atoms with Gasteiger partial charge < -0.3 is 20.4 Å². The molecule has 1 unspecified atom stereocenters. The van der Waals surface area contributed by atoms with E-state index < -0.39 is 0 Å². The van der Waals surface area contributed by atoms with Crippen LogP contribution in [0.5, 0.6) is 0 Å². The number of aromatic nitrogens is 2. The minimum atomic E-state index is -0.172. The predicted octanol–water partition coefficient (Wildman–Crippen LogP) is 2.90. The van der Waals surface area contributed by atoms with Crippen LogP contribution in [0.2, 0.25) is 0 Å². The Labute approximate surface area is 159 Å². The first kappa shape index (κ1) is 17.8. The van der Waals surface area contributed by atoms with E-state index in [1.165, 1.54) is 25.3 Å². The molecule has 4 rings (SSSR count). The molecule has 1 atom stereocenters. The Morgan fingerprint density at radius 3 is 2.41 bits per heavy atom. The minimum absolute atomic E-state index is 0.172. The summed E-state index contributed by atoms with van der Waals surface area (Å²) in [5, 5.41) is 0. The highest BCUT2D eigenvalue weighted by Gasteiger charge is 2.26. The van der Waals surface area contributed by atoms with Crippen molar-refractivity contribution in [3.63, 3.8) is 0 Å². The topological polar surface area (TPSA) is 61.5 Å². The second-order valence-electron chi connectivity index (χ2n) is 7.40. The average Bonchev–Trinajstić information content (AvgIpc) is 2.70. The SMILES string of the molecule is CC1CCCCN1c1ncnc(N2CCN(c3ccccc3F)CC2)c1N. The van der Waals surface area contributed by atoms with E-state index in [2.05, 4.69) is 31.6 Å². The van der Waals surface area contributed by atoms with Gasteiger partial charge in [0.05, 0.1) is 5.69 Å². The van der Waals surface area contributed by atoms with Gasteiger partial charge in [0.2, 0.25) is 0 Å². The van der Waals surface area contributed by atoms with Crippen LogP contribution in [0.3, 0.4) is 0 Å². The molecule has 2 saturated heterocycles. The minimum Gasteiger partial charge on any atom is -0.393 e. The molecular formula is C20H27FN6. The van der Waals surface area contributed by atoms with Gasteiger partial charge in [0, 0.05) is 38.8 Å². The number of anilines is 4. The van der Waals surface area contributed by atoms with Crippen molar-refractivity contribution in [3.05, 3.63) is 36.4 Å². The van der Waals surface area contributed by atoms with Gasteiger partial charge in [-0.15, -0.1) is 0 Å². The lowest BCUT2D eigenvalue weighted by atomic mass is 10.0. The van der Waals surface area contributed by atoms with E-state index in [0.29, 0.717) is 17.4 Å². The zero-order valence-electron chi connectivity index (χ0n) is 15.8. The molecule has 2 aliphatic heterocycles. The number of nitrogen functional groups attached to an aromatic ring is 1. The number of para-hydroxylation sites is 1. The molecule has 0 spiro atoms. The third kappa shape index (κ3) is 3.50. The summed E-state index contributed by atoms with van der Waals surface area (Å²) in [4.78, 5) is 15.5. The Morgan fingerprint density at radius 1 is 0.963 bits per heavy atom. The van der Waals surface area contributed by atoms with Gasteiger partial charge in [-0.25, -0.2) is 14.4 Å². The third-order valence-corrected chi connectivity index (χ3v) is 5.69. The number of hydrogen-bond donors (Lipinski definition) is 1. The highest BCUT2D eigenvalue weighted by atomic mass is 19.1. The number of nitrogens with zero attached hydrogens (tertiary/aromatic N) is 5. The zero-order valence-corrected chi connectivity index (χ0v) is 15.8. The summed E-state index contributed by atoms with van der Waals surface area (Å²) >= 11 is 0. The van der Waals surface area contributed by atoms with Crippen LogP contribution >= 0.6 is 0 Å². The molecule has 7 heteroatoms. The molecule has 6 nitrogen and oxygen atoms in total. The van der Waals surface area contributed by atoms with E-state index in [4.69, 9.17) is 5.73 Å². The van der Waals surface area contributed by atoms with E-state index in [-0.39, 0.29) is 5.82 Å². The van der Waals surface area contributed by atoms with Gasteiger partial charge in [-0.2, -0.15) is 0 Å². The van der Waals surface area contributed by atoms with Crippen molar-refractivity contribution in [2.24, 2.45) is 0 Å². The molecule has 0 aliphatic carbocycles. The normalized spacial score (nSPS) is 20.8. The zero-order chi connectivity index (χ0) is 18.8. The summed E-state index contributed by atoms with van der Waals surface area (Å²) < 4.78 is 14.1. The summed E-state index contributed by atoms with van der Waals surface area (Å²) in [5.41, 5.74) is 7.82. The van der Waals surface area contributed by atoms with Crippen LogP contribution in [0.4, 0.5) is 27.4 Å². The number of hydrogen-bond acceptors (Lipinski definition) is 6. The van der Waals surface area contributed by atoms with Crippen molar-refractivity contribution in [1.82, 2.24) is 9.97 Å². The number of rotatable bonds is 3. The molecule has 1 aromatic carbocycles. The van der Waals surface area contributed by atoms with E-state index in [9.17, 15) is 4.39 Å². The maximum atomic E-state index is 14.1. The molecular weight excluding hydrogens is 343 g/mol. The fraction of sp³-hybridized carbons (Fsp3) is 0.500. The number of halogens is 1. The molecule has 0 radical (unpaired) electrons. The number of piperidine rings is 1. The Bertz CT molecular complexity index is 790. The van der Waals surface area contributed by atoms with Crippen molar-refractivity contribution in [3.8, 4) is 0 Å². The van der Waals surface area contributed by atoms with Crippen LogP contribution in [0, 0.1) is 5.82 Å². The van der Waals surface area contributed by atoms with Crippen LogP contribution in [-0.4, -0.2) is 48.7 Å². The molecule has 0 bridgehead atoms. The molecule has 27 heavy (non-hydrogen) atoms. The summed E-state index contributed by atoms with van der Waals surface area (Å²) in [7, 11) is 0. The third-order valence-electron chi connectivity index (χ3n) is 5.69. The van der Waals surface area contributed by atoms with Gasteiger partial charge >= 0.3 is 0 Å². The Kier molecular flexibility index (Phi) is 5.01. The summed E-state index contributed by atoms with van der Waals surface area (Å²) in [5.74, 6) is 1.48. The highest BCUT2D eigenvalue weighted by molar-refractivity contribution is 5.76. The number of benzene rings is 1. The largest absolute Gasteiger partial charge is 0.393 e. The Morgan fingerprint density at radius 2 is 1.67 bits per heavy atom. The van der Waals surface area contributed by atoms with Gasteiger partial charge in [-0.1, -0.05) is 12.1 Å². The Hall–Kier alpha value is -2.57. The molecule has 2 fully saturated rings. The smallest absolute Gasteiger partial charge is 0.157 e. The van der Waals surface area contributed by atoms with Crippen LogP contribution in [0.15, 0.2) is 30.6 Å². The van der Waals surface area contributed by atoms with Crippen LogP contribution in [0.1, 0.15) is 26.2 Å². The molecule has 144 valence electrons. The fourth-order valence-electron chi connectivity index (χ4n) is 4.14. The van der Waals surface area contributed by atoms with Crippen molar-refractivity contribution in [2.75, 3.05) is 53.2 Å². The Balaban J connectivity index is 1.50. The molecule has 0 saturated carbocycles. The van der Waals surface area contributed by atoms with Crippen molar-refractivity contribution < 1.29 is 4.39 Å². The molecule has 2 aromatic rings. The molecule has 1 aromatic heterocycles. The lowest BCUT2D eigenvalue weighted by Gasteiger charge is -2.38. The van der Waals surface area contributed by atoms with E-state index in [1.807, 2.05) is 12.1 Å². The van der Waals surface area contributed by atoms with Crippen LogP contribution in [-0.2, 0) is 0 Å². The van der Waals surface area contributed by atoms with Gasteiger partial charge in [0.25, 0.3) is 0 Å². The maximum absolute atomic E-state index is 14.1. The van der Waals surface area contributed by atoms with Crippen molar-refractivity contribution >= 4 is 23.0 Å². The van der Waals surface area contributed by atoms with E-state index >= 15 is 0 Å². The number of piperazine rings is 1. The quantitative estimate of drug-likeness (QED) is 0.896. The fourth-order valence-corrected chi connectivity index (χ4v) is 4.14. The second kappa shape index (κ2) is 7.58. The summed E-state index contributed by atoms with van der Waals surface area (Å²) in [6.45, 7) is 6.20. The monoisotopic (exact) mass is 370 g/mol. The van der Waals surface area contributed by atoms with E-state index in [1.54, 1.807) is 12.4 Å². The molecule has 2 N–H and O–H groups in total. The maximum Gasteiger partial charge on any atom is 0.157 e. The lowest BCUT2D eigenvalue weighted by Crippen LogP contribution is -2.47. The van der Waals surface area contributed by atoms with Gasteiger partial charge in [0.1, 0.15) is 17.8 Å². The first-order chi connectivity index (χ1) is 13.1. The second-order valence-corrected chi connectivity index (χ2v) is 7.40. The first-order valence-electron chi connectivity index (χ1n) is 9.76. The highest BCUT2D eigenvalue weighted by Crippen LogP contribution is 2.33. The lowest BCUT2D eigenvalue weighted by molar-refractivity contribution is 0.481.